The average molecular weight is 463 g/mol. The molecule has 176 valence electrons. The molecule has 2 fully saturated rings. The minimum Gasteiger partial charge on any atom is -0.337 e. The van der Waals surface area contributed by atoms with Crippen molar-refractivity contribution in [2.45, 2.75) is 38.1 Å². The van der Waals surface area contributed by atoms with Crippen molar-refractivity contribution in [2.75, 3.05) is 53.9 Å². The maximum absolute atomic E-state index is 13.7. The van der Waals surface area contributed by atoms with E-state index in [0.29, 0.717) is 30.2 Å². The molecule has 0 aromatic heterocycles. The Bertz CT molecular complexity index is 875. The predicted octanol–water partition coefficient (Wildman–Crippen LogP) is 2.09. The number of hydrogen-bond acceptors (Lipinski definition) is 5. The molecule has 2 aliphatic rings. The van der Waals surface area contributed by atoms with Crippen LogP contribution in [0.5, 0.6) is 0 Å². The molecular formula is C24H35ClN4O3. The van der Waals surface area contributed by atoms with Crippen molar-refractivity contribution >= 4 is 29.3 Å². The number of likely N-dealkylation sites (tertiary alicyclic amines) is 1. The van der Waals surface area contributed by atoms with Gasteiger partial charge in [-0.2, -0.15) is 0 Å². The molecule has 7 nitrogen and oxygen atoms in total. The third kappa shape index (κ3) is 4.85. The average Bonchev–Trinajstić information content (AvgIpc) is 2.96. The van der Waals surface area contributed by atoms with Crippen molar-refractivity contribution in [2.24, 2.45) is 5.92 Å². The predicted molar refractivity (Wildman–Crippen MR) is 125 cm³/mol. The van der Waals surface area contributed by atoms with Crippen LogP contribution in [0.15, 0.2) is 24.3 Å². The van der Waals surface area contributed by atoms with Gasteiger partial charge in [-0.15, -0.1) is 0 Å². The van der Waals surface area contributed by atoms with Gasteiger partial charge in [-0.1, -0.05) is 43.6 Å². The first kappa shape index (κ1) is 24.7. The van der Waals surface area contributed by atoms with E-state index in [1.165, 1.54) is 4.90 Å². The lowest BCUT2D eigenvalue weighted by molar-refractivity contribution is -0.145. The molecule has 1 unspecified atom stereocenters. The van der Waals surface area contributed by atoms with Crippen LogP contribution in [-0.4, -0.2) is 97.2 Å². The molecular weight excluding hydrogens is 428 g/mol. The molecule has 3 amide bonds. The number of imide groups is 1. The lowest BCUT2D eigenvalue weighted by Gasteiger charge is -2.43. The highest BCUT2D eigenvalue weighted by Gasteiger charge is 2.55. The summed E-state index contributed by atoms with van der Waals surface area (Å²) in [6, 6.07) is 7.17. The van der Waals surface area contributed by atoms with E-state index < -0.39 is 5.41 Å². The summed E-state index contributed by atoms with van der Waals surface area (Å²) < 4.78 is 0. The normalized spacial score (nSPS) is 24.8. The molecule has 0 bridgehead atoms. The first-order chi connectivity index (χ1) is 15.1. The van der Waals surface area contributed by atoms with Gasteiger partial charge in [0.25, 0.3) is 0 Å². The van der Waals surface area contributed by atoms with Gasteiger partial charge in [-0.25, -0.2) is 0 Å². The Labute approximate surface area is 196 Å². The Morgan fingerprint density at radius 2 is 1.91 bits per heavy atom. The fourth-order valence-electron chi connectivity index (χ4n) is 4.81. The Morgan fingerprint density at radius 3 is 2.53 bits per heavy atom. The Balaban J connectivity index is 1.96. The number of benzene rings is 1. The van der Waals surface area contributed by atoms with Gasteiger partial charge >= 0.3 is 0 Å². The first-order valence-corrected chi connectivity index (χ1v) is 11.7. The zero-order chi connectivity index (χ0) is 23.6. The van der Waals surface area contributed by atoms with Crippen LogP contribution in [0.2, 0.25) is 5.02 Å². The molecule has 0 radical (unpaired) electrons. The molecule has 1 aromatic carbocycles. The molecule has 1 aromatic rings. The van der Waals surface area contributed by atoms with E-state index in [1.807, 2.05) is 23.9 Å². The number of carbonyl (C=O) groups excluding carboxylic acids is 3. The topological polar surface area (TPSA) is 64.2 Å². The van der Waals surface area contributed by atoms with E-state index in [-0.39, 0.29) is 42.5 Å². The summed E-state index contributed by atoms with van der Waals surface area (Å²) in [6.07, 6.45) is -0.0818. The zero-order valence-electron chi connectivity index (χ0n) is 19.8. The highest BCUT2D eigenvalue weighted by atomic mass is 35.5. The SMILES string of the molecule is CC(C)[C@H]1CN(C)CCN1C(=O)CC1(c2ccccc2Cl)CC(=O)N(CCN(C)C)C1=O. The van der Waals surface area contributed by atoms with Crippen LogP contribution in [0.25, 0.3) is 0 Å². The number of hydrogen-bond donors (Lipinski definition) is 0. The molecule has 0 spiro atoms. The van der Waals surface area contributed by atoms with Gasteiger partial charge in [0.1, 0.15) is 0 Å². The Hall–Kier alpha value is -1.96. The number of carbonyl (C=O) groups is 3. The van der Waals surface area contributed by atoms with E-state index in [9.17, 15) is 14.4 Å². The van der Waals surface area contributed by atoms with Crippen LogP contribution in [0.3, 0.4) is 0 Å². The van der Waals surface area contributed by atoms with Crippen LogP contribution < -0.4 is 0 Å². The van der Waals surface area contributed by atoms with Crippen molar-refractivity contribution < 1.29 is 14.4 Å². The van der Waals surface area contributed by atoms with Gasteiger partial charge in [0.2, 0.25) is 17.7 Å². The van der Waals surface area contributed by atoms with E-state index in [2.05, 4.69) is 25.8 Å². The van der Waals surface area contributed by atoms with Gasteiger partial charge in [0, 0.05) is 56.6 Å². The second-order valence-electron chi connectivity index (χ2n) is 9.73. The lowest BCUT2D eigenvalue weighted by Crippen LogP contribution is -2.57. The maximum Gasteiger partial charge on any atom is 0.240 e. The largest absolute Gasteiger partial charge is 0.337 e. The Kier molecular flexibility index (Phi) is 7.63. The molecule has 32 heavy (non-hydrogen) atoms. The number of likely N-dealkylation sites (N-methyl/N-ethyl adjacent to an activating group) is 2. The molecule has 2 aliphatic heterocycles. The summed E-state index contributed by atoms with van der Waals surface area (Å²) in [5.74, 6) is -0.368. The summed E-state index contributed by atoms with van der Waals surface area (Å²) in [4.78, 5) is 47.8. The van der Waals surface area contributed by atoms with Gasteiger partial charge in [-0.3, -0.25) is 19.3 Å². The quantitative estimate of drug-likeness (QED) is 0.580. The minimum atomic E-state index is -1.26. The third-order valence-corrected chi connectivity index (χ3v) is 7.06. The minimum absolute atomic E-state index is 0.0329. The van der Waals surface area contributed by atoms with Gasteiger partial charge in [-0.05, 0) is 38.7 Å². The van der Waals surface area contributed by atoms with Crippen LogP contribution in [0.1, 0.15) is 32.3 Å². The molecule has 3 rings (SSSR count). The molecule has 0 aliphatic carbocycles. The van der Waals surface area contributed by atoms with Crippen molar-refractivity contribution in [3.05, 3.63) is 34.9 Å². The van der Waals surface area contributed by atoms with Crippen molar-refractivity contribution in [1.82, 2.24) is 19.6 Å². The van der Waals surface area contributed by atoms with Crippen molar-refractivity contribution in [3.63, 3.8) is 0 Å². The van der Waals surface area contributed by atoms with Gasteiger partial charge < -0.3 is 14.7 Å². The van der Waals surface area contributed by atoms with Gasteiger partial charge in [0.15, 0.2) is 0 Å². The number of piperazine rings is 1. The first-order valence-electron chi connectivity index (χ1n) is 11.3. The highest BCUT2D eigenvalue weighted by molar-refractivity contribution is 6.32. The molecule has 0 N–H and O–H groups in total. The molecule has 0 saturated carbocycles. The van der Waals surface area contributed by atoms with E-state index >= 15 is 0 Å². The van der Waals surface area contributed by atoms with E-state index in [1.54, 1.807) is 24.3 Å². The number of nitrogens with zero attached hydrogens (tertiary/aromatic N) is 4. The second-order valence-corrected chi connectivity index (χ2v) is 10.1. The Morgan fingerprint density at radius 1 is 1.22 bits per heavy atom. The fraction of sp³-hybridized carbons (Fsp3) is 0.625. The smallest absolute Gasteiger partial charge is 0.240 e. The fourth-order valence-corrected chi connectivity index (χ4v) is 5.13. The van der Waals surface area contributed by atoms with Gasteiger partial charge in [0.05, 0.1) is 5.41 Å². The molecule has 2 atom stereocenters. The summed E-state index contributed by atoms with van der Waals surface area (Å²) >= 11 is 6.53. The number of amides is 3. The van der Waals surface area contributed by atoms with Crippen molar-refractivity contribution in [1.29, 1.82) is 0 Å². The maximum atomic E-state index is 13.7. The second kappa shape index (κ2) is 9.89. The third-order valence-electron chi connectivity index (χ3n) is 6.73. The van der Waals surface area contributed by atoms with E-state index in [4.69, 9.17) is 11.6 Å². The number of rotatable bonds is 7. The van der Waals surface area contributed by atoms with Crippen LogP contribution >= 0.6 is 11.6 Å². The summed E-state index contributed by atoms with van der Waals surface area (Å²) in [6.45, 7) is 7.29. The number of halogens is 1. The molecule has 8 heteroatoms. The van der Waals surface area contributed by atoms with Crippen LogP contribution in [0, 0.1) is 5.92 Å². The zero-order valence-corrected chi connectivity index (χ0v) is 20.6. The summed E-state index contributed by atoms with van der Waals surface area (Å²) in [7, 11) is 5.86. The standard InChI is InChI=1S/C24H35ClN4O3/c1-17(2)20-16-27(5)11-13-28(20)21(30)14-24(18-8-6-7-9-19(18)25)15-22(31)29(23(24)32)12-10-26(3)4/h6-9,17,20H,10-16H2,1-5H3/t20-,24?/m1/s1. The highest BCUT2D eigenvalue weighted by Crippen LogP contribution is 2.43. The summed E-state index contributed by atoms with van der Waals surface area (Å²) in [5, 5.41) is 0.412. The molecule has 2 heterocycles. The van der Waals surface area contributed by atoms with Crippen LogP contribution in [0.4, 0.5) is 0 Å². The van der Waals surface area contributed by atoms with E-state index in [0.717, 1.165) is 13.1 Å². The van der Waals surface area contributed by atoms with Crippen LogP contribution in [-0.2, 0) is 19.8 Å². The molecule has 2 saturated heterocycles. The van der Waals surface area contributed by atoms with Crippen molar-refractivity contribution in [3.8, 4) is 0 Å². The summed E-state index contributed by atoms with van der Waals surface area (Å²) in [5.41, 5.74) is -0.695. The monoisotopic (exact) mass is 462 g/mol. The lowest BCUT2D eigenvalue weighted by atomic mass is 9.75.